The van der Waals surface area contributed by atoms with Gasteiger partial charge in [-0.3, -0.25) is 4.79 Å². The maximum Gasteiger partial charge on any atom is 0.281 e. The maximum absolute atomic E-state index is 13.1. The molecule has 3 rings (SSSR count). The lowest BCUT2D eigenvalue weighted by atomic mass is 9.85. The first-order valence-corrected chi connectivity index (χ1v) is 9.87. The number of carbonyl (C=O) groups is 1. The summed E-state index contributed by atoms with van der Waals surface area (Å²) in [5.74, 6) is 0.542. The quantitative estimate of drug-likeness (QED) is 0.407. The molecule has 154 valence electrons. The first kappa shape index (κ1) is 21.5. The Morgan fingerprint density at radius 2 is 1.37 bits per heavy atom. The monoisotopic (exact) mass is 468 g/mol. The van der Waals surface area contributed by atoms with Crippen LogP contribution in [0.2, 0.25) is 0 Å². The van der Waals surface area contributed by atoms with Crippen molar-refractivity contribution in [1.82, 2.24) is 5.43 Å². The van der Waals surface area contributed by atoms with Crippen LogP contribution in [-0.2, 0) is 10.4 Å². The lowest BCUT2D eigenvalue weighted by Gasteiger charge is -2.27. The molecular weight excluding hydrogens is 448 g/mol. The first-order valence-electron chi connectivity index (χ1n) is 9.08. The summed E-state index contributed by atoms with van der Waals surface area (Å²) in [4.78, 5) is 13.1. The zero-order valence-corrected chi connectivity index (χ0v) is 18.1. The summed E-state index contributed by atoms with van der Waals surface area (Å²) in [5, 5.41) is 15.5. The second-order valence-corrected chi connectivity index (χ2v) is 7.33. The average Bonchev–Trinajstić information content (AvgIpc) is 2.80. The van der Waals surface area contributed by atoms with Gasteiger partial charge in [-0.05, 0) is 53.1 Å². The van der Waals surface area contributed by atoms with Crippen molar-refractivity contribution in [3.63, 3.8) is 0 Å². The summed E-state index contributed by atoms with van der Waals surface area (Å²) >= 11 is 3.37. The molecule has 7 heteroatoms. The van der Waals surface area contributed by atoms with Crippen molar-refractivity contribution in [1.29, 1.82) is 0 Å². The third kappa shape index (κ3) is 4.69. The van der Waals surface area contributed by atoms with Crippen molar-refractivity contribution in [2.45, 2.75) is 5.60 Å². The van der Waals surface area contributed by atoms with Crippen molar-refractivity contribution >= 4 is 28.1 Å². The number of carbonyl (C=O) groups excluding carboxylic acids is 1. The Kier molecular flexibility index (Phi) is 6.87. The second-order valence-electron chi connectivity index (χ2n) is 6.42. The van der Waals surface area contributed by atoms with E-state index < -0.39 is 11.5 Å². The third-order valence-electron chi connectivity index (χ3n) is 4.59. The van der Waals surface area contributed by atoms with Gasteiger partial charge in [0.05, 0.1) is 20.4 Å². The zero-order valence-electron chi connectivity index (χ0n) is 16.5. The number of rotatable bonds is 7. The molecule has 3 aromatic rings. The molecule has 0 bridgehead atoms. The van der Waals surface area contributed by atoms with Crippen molar-refractivity contribution in [3.8, 4) is 11.5 Å². The smallest absolute Gasteiger partial charge is 0.281 e. The van der Waals surface area contributed by atoms with Gasteiger partial charge in [0.25, 0.3) is 5.91 Å². The molecule has 3 aromatic carbocycles. The fourth-order valence-corrected chi connectivity index (χ4v) is 3.15. The van der Waals surface area contributed by atoms with Crippen LogP contribution in [0, 0.1) is 0 Å². The minimum Gasteiger partial charge on any atom is -0.497 e. The van der Waals surface area contributed by atoms with E-state index in [9.17, 15) is 9.90 Å². The Balaban J connectivity index is 1.92. The summed E-state index contributed by atoms with van der Waals surface area (Å²) in [6.07, 6.45) is 1.51. The Hall–Kier alpha value is -3.16. The Morgan fingerprint density at radius 1 is 0.900 bits per heavy atom. The number of aliphatic hydroxyl groups is 1. The molecule has 0 atom stereocenters. The van der Waals surface area contributed by atoms with E-state index >= 15 is 0 Å². The molecule has 0 aliphatic heterocycles. The van der Waals surface area contributed by atoms with E-state index in [4.69, 9.17) is 9.47 Å². The van der Waals surface area contributed by atoms with Gasteiger partial charge in [0.2, 0.25) is 0 Å². The lowest BCUT2D eigenvalue weighted by molar-refractivity contribution is -0.136. The van der Waals surface area contributed by atoms with Crippen LogP contribution < -0.4 is 14.9 Å². The average molecular weight is 469 g/mol. The fourth-order valence-electron chi connectivity index (χ4n) is 2.89. The second kappa shape index (κ2) is 9.56. The van der Waals surface area contributed by atoms with Gasteiger partial charge < -0.3 is 14.6 Å². The molecule has 0 spiro atoms. The summed E-state index contributed by atoms with van der Waals surface area (Å²) in [7, 11) is 3.10. The number of hydrogen-bond donors (Lipinski definition) is 2. The SMILES string of the molecule is COc1ccc(C(O)(C(=O)NN=Cc2ccc(Br)cc2)c2ccc(OC)cc2)cc1. The van der Waals surface area contributed by atoms with Crippen molar-refractivity contribution in [3.05, 3.63) is 94.0 Å². The van der Waals surface area contributed by atoms with Crippen molar-refractivity contribution in [2.75, 3.05) is 14.2 Å². The van der Waals surface area contributed by atoms with E-state index in [0.717, 1.165) is 10.0 Å². The zero-order chi connectivity index (χ0) is 21.6. The van der Waals surface area contributed by atoms with Crippen LogP contribution in [0.3, 0.4) is 0 Å². The van der Waals surface area contributed by atoms with Crippen LogP contribution in [0.4, 0.5) is 0 Å². The predicted octanol–water partition coefficient (Wildman–Crippen LogP) is 3.85. The summed E-state index contributed by atoms with van der Waals surface area (Å²) in [5.41, 5.74) is 2.04. The molecule has 6 nitrogen and oxygen atoms in total. The van der Waals surface area contributed by atoms with Crippen LogP contribution in [0.1, 0.15) is 16.7 Å². The van der Waals surface area contributed by atoms with E-state index in [1.807, 2.05) is 24.3 Å². The molecule has 0 saturated carbocycles. The number of hydrogen-bond acceptors (Lipinski definition) is 5. The maximum atomic E-state index is 13.1. The number of nitrogens with zero attached hydrogens (tertiary/aromatic N) is 1. The van der Waals surface area contributed by atoms with Crippen LogP contribution in [0.25, 0.3) is 0 Å². The standard InChI is InChI=1S/C23H21BrN2O4/c1-29-20-11-5-17(6-12-20)23(28,18-7-13-21(30-2)14-8-18)22(27)26-25-15-16-3-9-19(24)10-4-16/h3-15,28H,1-2H3,(H,26,27). The summed E-state index contributed by atoms with van der Waals surface area (Å²) < 4.78 is 11.3. The van der Waals surface area contributed by atoms with E-state index in [-0.39, 0.29) is 0 Å². The van der Waals surface area contributed by atoms with Gasteiger partial charge in [-0.1, -0.05) is 52.3 Å². The highest BCUT2D eigenvalue weighted by molar-refractivity contribution is 9.10. The Bertz CT molecular complexity index is 969. The number of methoxy groups -OCH3 is 2. The van der Waals surface area contributed by atoms with E-state index in [2.05, 4.69) is 26.5 Å². The molecule has 0 aliphatic carbocycles. The number of benzene rings is 3. The topological polar surface area (TPSA) is 80.2 Å². The number of hydrazone groups is 1. The van der Waals surface area contributed by atoms with E-state index in [1.165, 1.54) is 6.21 Å². The normalized spacial score (nSPS) is 11.3. The van der Waals surface area contributed by atoms with Crippen LogP contribution in [-0.4, -0.2) is 31.4 Å². The van der Waals surface area contributed by atoms with Gasteiger partial charge in [0, 0.05) is 4.47 Å². The third-order valence-corrected chi connectivity index (χ3v) is 5.12. The number of ether oxygens (including phenoxy) is 2. The highest BCUT2D eigenvalue weighted by atomic mass is 79.9. The molecule has 0 aromatic heterocycles. The molecule has 0 radical (unpaired) electrons. The molecule has 0 aliphatic rings. The molecule has 30 heavy (non-hydrogen) atoms. The Labute approximate surface area is 183 Å². The largest absolute Gasteiger partial charge is 0.497 e. The summed E-state index contributed by atoms with van der Waals surface area (Å²) in [6.45, 7) is 0. The predicted molar refractivity (Wildman–Crippen MR) is 119 cm³/mol. The van der Waals surface area contributed by atoms with Crippen molar-refractivity contribution in [2.24, 2.45) is 5.10 Å². The highest BCUT2D eigenvalue weighted by Crippen LogP contribution is 2.32. The fraction of sp³-hybridized carbons (Fsp3) is 0.130. The van der Waals surface area contributed by atoms with Gasteiger partial charge in [0.1, 0.15) is 11.5 Å². The molecule has 2 N–H and O–H groups in total. The molecule has 0 saturated heterocycles. The van der Waals surface area contributed by atoms with Crippen molar-refractivity contribution < 1.29 is 19.4 Å². The minimum absolute atomic E-state index is 0.379. The van der Waals surface area contributed by atoms with E-state index in [1.54, 1.807) is 62.8 Å². The molecule has 0 fully saturated rings. The van der Waals surface area contributed by atoms with Gasteiger partial charge in [-0.15, -0.1) is 0 Å². The van der Waals surface area contributed by atoms with Gasteiger partial charge in [-0.25, -0.2) is 5.43 Å². The Morgan fingerprint density at radius 3 is 1.80 bits per heavy atom. The van der Waals surface area contributed by atoms with Gasteiger partial charge in [0.15, 0.2) is 5.60 Å². The lowest BCUT2D eigenvalue weighted by Crippen LogP contribution is -2.43. The highest BCUT2D eigenvalue weighted by Gasteiger charge is 2.40. The number of halogens is 1. The number of amides is 1. The van der Waals surface area contributed by atoms with Gasteiger partial charge >= 0.3 is 0 Å². The molecule has 0 unspecified atom stereocenters. The number of nitrogens with one attached hydrogen (secondary N) is 1. The van der Waals surface area contributed by atoms with Crippen LogP contribution >= 0.6 is 15.9 Å². The molecule has 0 heterocycles. The summed E-state index contributed by atoms with van der Waals surface area (Å²) in [6, 6.07) is 20.7. The molecule has 1 amide bonds. The van der Waals surface area contributed by atoms with Gasteiger partial charge in [-0.2, -0.15) is 5.10 Å². The van der Waals surface area contributed by atoms with E-state index in [0.29, 0.717) is 22.6 Å². The van der Waals surface area contributed by atoms with Crippen LogP contribution in [0.5, 0.6) is 11.5 Å². The molecular formula is C23H21BrN2O4. The van der Waals surface area contributed by atoms with Crippen LogP contribution in [0.15, 0.2) is 82.4 Å². The minimum atomic E-state index is -1.96. The first-order chi connectivity index (χ1) is 14.5.